The Bertz CT molecular complexity index is 2810. The summed E-state index contributed by atoms with van der Waals surface area (Å²) in [6, 6.07) is 65.3. The fourth-order valence-corrected chi connectivity index (χ4v) is 9.86. The van der Waals surface area contributed by atoms with Crippen molar-refractivity contribution in [3.63, 3.8) is 0 Å². The first kappa shape index (κ1) is 32.0. The first-order chi connectivity index (χ1) is 27.0. The second-order valence-corrected chi connectivity index (χ2v) is 15.8. The molecule has 2 aliphatic heterocycles. The maximum atomic E-state index is 4.07. The lowest BCUT2D eigenvalue weighted by Crippen LogP contribution is -2.54. The molecule has 2 atom stereocenters. The van der Waals surface area contributed by atoms with Gasteiger partial charge in [0, 0.05) is 22.2 Å². The van der Waals surface area contributed by atoms with E-state index < -0.39 is 0 Å². The van der Waals surface area contributed by atoms with E-state index in [0.29, 0.717) is 0 Å². The molecule has 0 saturated heterocycles. The maximum Gasteiger partial charge on any atom is 0.162 e. The zero-order valence-corrected chi connectivity index (χ0v) is 31.3. The van der Waals surface area contributed by atoms with Crippen LogP contribution in [0, 0.1) is 0 Å². The highest BCUT2D eigenvalue weighted by molar-refractivity contribution is 6.02. The molecule has 0 spiro atoms. The molecule has 0 radical (unpaired) electrons. The highest BCUT2D eigenvalue weighted by Crippen LogP contribution is 2.56. The van der Waals surface area contributed by atoms with Crippen molar-refractivity contribution in [3.8, 4) is 44.5 Å². The minimum Gasteiger partial charge on any atom is -0.352 e. The van der Waals surface area contributed by atoms with Crippen LogP contribution >= 0.6 is 0 Å². The number of hydrogen-bond donors (Lipinski definition) is 1. The Labute approximate surface area is 323 Å². The quantitative estimate of drug-likeness (QED) is 0.197. The van der Waals surface area contributed by atoms with Crippen LogP contribution in [-0.2, 0) is 5.41 Å². The van der Waals surface area contributed by atoms with Gasteiger partial charge in [0.25, 0.3) is 0 Å². The fourth-order valence-electron chi connectivity index (χ4n) is 9.86. The fraction of sp³-hybridized carbons (Fsp3) is 0.115. The van der Waals surface area contributed by atoms with Crippen LogP contribution in [0.5, 0.6) is 0 Å². The molecule has 0 fully saturated rings. The van der Waals surface area contributed by atoms with E-state index in [1.807, 2.05) is 0 Å². The number of fused-ring (bicyclic) bond motifs is 10. The molecular weight excluding hydrogens is 667 g/mol. The molecule has 3 heteroatoms. The molecule has 3 nitrogen and oxygen atoms in total. The zero-order chi connectivity index (χ0) is 36.8. The lowest BCUT2D eigenvalue weighted by Gasteiger charge is -2.48. The van der Waals surface area contributed by atoms with Gasteiger partial charge in [-0.1, -0.05) is 166 Å². The van der Waals surface area contributed by atoms with Crippen LogP contribution in [0.25, 0.3) is 55.3 Å². The van der Waals surface area contributed by atoms with E-state index in [1.165, 1.54) is 88.9 Å². The smallest absolute Gasteiger partial charge is 0.162 e. The summed E-state index contributed by atoms with van der Waals surface area (Å²) in [5.74, 6) is 0. The van der Waals surface area contributed by atoms with Crippen molar-refractivity contribution in [3.05, 3.63) is 198 Å². The Morgan fingerprint density at radius 1 is 0.491 bits per heavy atom. The van der Waals surface area contributed by atoms with Gasteiger partial charge < -0.3 is 10.2 Å². The van der Waals surface area contributed by atoms with Crippen LogP contribution in [0.15, 0.2) is 176 Å². The zero-order valence-electron chi connectivity index (χ0n) is 31.3. The number of benzene rings is 8. The predicted molar refractivity (Wildman–Crippen MR) is 230 cm³/mol. The van der Waals surface area contributed by atoms with Gasteiger partial charge in [-0.2, -0.15) is 0 Å². The Morgan fingerprint density at radius 2 is 1.13 bits per heavy atom. The van der Waals surface area contributed by atoms with Gasteiger partial charge in [-0.15, -0.1) is 0 Å². The predicted octanol–water partition coefficient (Wildman–Crippen LogP) is 13.0. The molecule has 2 unspecified atom stereocenters. The number of nitrogens with one attached hydrogen (secondary N) is 1. The van der Waals surface area contributed by atoms with E-state index in [-0.39, 0.29) is 17.7 Å². The van der Waals surface area contributed by atoms with Crippen molar-refractivity contribution in [2.75, 3.05) is 17.3 Å². The number of anilines is 3. The molecule has 8 aromatic rings. The summed E-state index contributed by atoms with van der Waals surface area (Å²) in [6.45, 7) is 4.76. The van der Waals surface area contributed by atoms with Crippen LogP contribution in [-0.4, -0.2) is 18.2 Å². The normalized spacial score (nSPS) is 17.5. The summed E-state index contributed by atoms with van der Waals surface area (Å²) in [4.78, 5) is 5.11. The molecule has 55 heavy (non-hydrogen) atoms. The summed E-state index contributed by atoms with van der Waals surface area (Å²) in [7, 11) is 2.28. The van der Waals surface area contributed by atoms with E-state index in [2.05, 4.69) is 212 Å². The third kappa shape index (κ3) is 4.73. The van der Waals surface area contributed by atoms with Crippen molar-refractivity contribution < 1.29 is 0 Å². The first-order valence-electron chi connectivity index (χ1n) is 19.4. The summed E-state index contributed by atoms with van der Waals surface area (Å²) < 4.78 is 0. The van der Waals surface area contributed by atoms with Crippen molar-refractivity contribution in [1.29, 1.82) is 0 Å². The second-order valence-electron chi connectivity index (χ2n) is 15.8. The molecule has 0 aromatic heterocycles. The number of rotatable bonds is 3. The summed E-state index contributed by atoms with van der Waals surface area (Å²) in [5.41, 5.74) is 18.9. The average Bonchev–Trinajstić information content (AvgIpc) is 3.38. The summed E-state index contributed by atoms with van der Waals surface area (Å²) in [6.07, 6.45) is -0.197. The molecule has 3 aliphatic rings. The van der Waals surface area contributed by atoms with Gasteiger partial charge in [-0.05, 0) is 97.7 Å². The Hall–Kier alpha value is -6.42. The van der Waals surface area contributed by atoms with Gasteiger partial charge in [0.1, 0.15) is 0 Å². The Balaban J connectivity index is 1.10. The highest BCUT2D eigenvalue weighted by Gasteiger charge is 2.42. The van der Waals surface area contributed by atoms with Crippen molar-refractivity contribution in [1.82, 2.24) is 4.90 Å². The monoisotopic (exact) mass is 707 g/mol. The number of para-hydroxylation sites is 2. The molecule has 264 valence electrons. The van der Waals surface area contributed by atoms with Gasteiger partial charge in [-0.25, -0.2) is 0 Å². The maximum absolute atomic E-state index is 4.07. The molecule has 1 aliphatic carbocycles. The van der Waals surface area contributed by atoms with Crippen molar-refractivity contribution in [2.45, 2.75) is 31.6 Å². The standard InChI is InChI=1S/C52H41N3/c1-52(2)45-24-11-8-20-40(45)43-31-44-39-19-7-6-18-38(39)41-21-10-13-26-48(41)55(49(44)32-46(43)52)51-53-47-25-12-9-22-42(47)50(54(51)3)35-29-27-34(28-30-35)37-23-14-16-33-15-4-5-17-36(33)37/h4-32,50-51,53H,1-3H3. The molecule has 0 amide bonds. The molecule has 8 aromatic carbocycles. The number of hydrogen-bond acceptors (Lipinski definition) is 3. The summed E-state index contributed by atoms with van der Waals surface area (Å²) in [5, 5.41) is 6.61. The Morgan fingerprint density at radius 3 is 1.96 bits per heavy atom. The molecule has 11 rings (SSSR count). The van der Waals surface area contributed by atoms with Crippen molar-refractivity contribution >= 4 is 27.8 Å². The van der Waals surface area contributed by atoms with E-state index in [1.54, 1.807) is 0 Å². The van der Waals surface area contributed by atoms with Crippen LogP contribution < -0.4 is 10.2 Å². The van der Waals surface area contributed by atoms with E-state index in [0.717, 1.165) is 5.69 Å². The molecular formula is C52H41N3. The van der Waals surface area contributed by atoms with Crippen LogP contribution in [0.4, 0.5) is 17.1 Å². The molecule has 0 bridgehead atoms. The minimum absolute atomic E-state index is 0.0142. The third-order valence-corrected chi connectivity index (χ3v) is 12.5. The SMILES string of the molecule is CN1C(c2ccc(-c3cccc4ccccc34)cc2)c2ccccc2NC1N1c2ccccc2-c2ccccc2-c2cc3c(cc21)C(C)(C)c1ccccc1-3. The third-order valence-electron chi connectivity index (χ3n) is 12.5. The lowest BCUT2D eigenvalue weighted by atomic mass is 9.81. The van der Waals surface area contributed by atoms with E-state index in [9.17, 15) is 0 Å². The van der Waals surface area contributed by atoms with Gasteiger partial charge in [0.05, 0.1) is 17.4 Å². The molecule has 1 N–H and O–H groups in total. The topological polar surface area (TPSA) is 18.5 Å². The van der Waals surface area contributed by atoms with Gasteiger partial charge in [0.15, 0.2) is 6.29 Å². The Kier molecular flexibility index (Phi) is 7.02. The van der Waals surface area contributed by atoms with Gasteiger partial charge in [0.2, 0.25) is 0 Å². The van der Waals surface area contributed by atoms with Gasteiger partial charge in [-0.3, -0.25) is 4.90 Å². The first-order valence-corrected chi connectivity index (χ1v) is 19.4. The summed E-state index contributed by atoms with van der Waals surface area (Å²) >= 11 is 0. The molecule has 2 heterocycles. The van der Waals surface area contributed by atoms with Gasteiger partial charge >= 0.3 is 0 Å². The average molecular weight is 708 g/mol. The largest absolute Gasteiger partial charge is 0.352 e. The second kappa shape index (κ2) is 12.0. The van der Waals surface area contributed by atoms with E-state index >= 15 is 0 Å². The van der Waals surface area contributed by atoms with Crippen LogP contribution in [0.2, 0.25) is 0 Å². The van der Waals surface area contributed by atoms with E-state index in [4.69, 9.17) is 0 Å². The highest BCUT2D eigenvalue weighted by atomic mass is 15.5. The molecule has 0 saturated carbocycles. The minimum atomic E-state index is -0.197. The number of nitrogens with zero attached hydrogens (tertiary/aromatic N) is 2. The van der Waals surface area contributed by atoms with Crippen molar-refractivity contribution in [2.24, 2.45) is 0 Å². The lowest BCUT2D eigenvalue weighted by molar-refractivity contribution is 0.211. The van der Waals surface area contributed by atoms with Crippen LogP contribution in [0.1, 0.15) is 42.1 Å². The van der Waals surface area contributed by atoms with Crippen LogP contribution in [0.3, 0.4) is 0 Å².